The van der Waals surface area contributed by atoms with Gasteiger partial charge in [-0.15, -0.1) is 0 Å². The summed E-state index contributed by atoms with van der Waals surface area (Å²) in [4.78, 5) is 11.2. The van der Waals surface area contributed by atoms with Crippen molar-refractivity contribution in [3.8, 4) is 0 Å². The molecule has 2 aromatic rings. The van der Waals surface area contributed by atoms with Crippen molar-refractivity contribution in [2.75, 3.05) is 17.2 Å². The molecule has 0 fully saturated rings. The lowest BCUT2D eigenvalue weighted by Crippen LogP contribution is -2.07. The van der Waals surface area contributed by atoms with Crippen LogP contribution in [0.25, 0.3) is 0 Å². The zero-order chi connectivity index (χ0) is 13.9. The molecule has 102 valence electrons. The largest absolute Gasteiger partial charge is 0.478 e. The molecule has 0 atom stereocenters. The Morgan fingerprint density at radius 1 is 1.20 bits per heavy atom. The van der Waals surface area contributed by atoms with Crippen molar-refractivity contribution in [3.63, 3.8) is 0 Å². The molecule has 0 saturated carbocycles. The predicted molar refractivity (Wildman–Crippen MR) is 79.4 cm³/mol. The summed E-state index contributed by atoms with van der Waals surface area (Å²) in [6, 6.07) is 13.2. The standard InChI is InChI=1S/C16H16N2O2/c19-16(20)13-6-1-2-7-14(13)18-10-12-5-3-4-11-8-9-17-15(11)12/h1-7,17-18H,8-10H2,(H,19,20). The summed E-state index contributed by atoms with van der Waals surface area (Å²) < 4.78 is 0. The summed E-state index contributed by atoms with van der Waals surface area (Å²) >= 11 is 0. The molecule has 1 heterocycles. The number of nitrogens with one attached hydrogen (secondary N) is 2. The second-order valence-electron chi connectivity index (χ2n) is 4.83. The molecule has 0 aromatic heterocycles. The summed E-state index contributed by atoms with van der Waals surface area (Å²) in [6.45, 7) is 1.58. The minimum absolute atomic E-state index is 0.299. The number of carboxylic acids is 1. The molecule has 2 aromatic carbocycles. The number of carboxylic acid groups (broad SMARTS) is 1. The topological polar surface area (TPSA) is 61.4 Å². The molecule has 0 radical (unpaired) electrons. The van der Waals surface area contributed by atoms with Gasteiger partial charge in [0.1, 0.15) is 0 Å². The molecule has 0 spiro atoms. The average molecular weight is 268 g/mol. The van der Waals surface area contributed by atoms with Crippen LogP contribution < -0.4 is 10.6 Å². The minimum Gasteiger partial charge on any atom is -0.478 e. The highest BCUT2D eigenvalue weighted by atomic mass is 16.4. The van der Waals surface area contributed by atoms with Crippen molar-refractivity contribution in [2.24, 2.45) is 0 Å². The van der Waals surface area contributed by atoms with Crippen molar-refractivity contribution in [2.45, 2.75) is 13.0 Å². The lowest BCUT2D eigenvalue weighted by molar-refractivity contribution is 0.0698. The number of rotatable bonds is 4. The molecule has 4 heteroatoms. The molecule has 20 heavy (non-hydrogen) atoms. The van der Waals surface area contributed by atoms with Gasteiger partial charge in [-0.05, 0) is 29.7 Å². The van der Waals surface area contributed by atoms with Gasteiger partial charge in [0, 0.05) is 24.5 Å². The van der Waals surface area contributed by atoms with Gasteiger partial charge in [-0.2, -0.15) is 0 Å². The van der Waals surface area contributed by atoms with Gasteiger partial charge in [0.25, 0.3) is 0 Å². The molecule has 0 bridgehead atoms. The van der Waals surface area contributed by atoms with Gasteiger partial charge in [-0.25, -0.2) is 4.79 Å². The summed E-state index contributed by atoms with van der Waals surface area (Å²) in [5, 5.41) is 15.8. The Hall–Kier alpha value is -2.49. The van der Waals surface area contributed by atoms with Crippen LogP contribution in [0.2, 0.25) is 0 Å². The molecule has 1 aliphatic rings. The molecule has 0 aliphatic carbocycles. The average Bonchev–Trinajstić information content (AvgIpc) is 2.94. The summed E-state index contributed by atoms with van der Waals surface area (Å²) in [6.07, 6.45) is 1.05. The van der Waals surface area contributed by atoms with Crippen LogP contribution in [0.1, 0.15) is 21.5 Å². The number of fused-ring (bicyclic) bond motifs is 1. The molecule has 0 amide bonds. The van der Waals surface area contributed by atoms with Crippen LogP contribution in [0.3, 0.4) is 0 Å². The molecular weight excluding hydrogens is 252 g/mol. The van der Waals surface area contributed by atoms with E-state index in [0.29, 0.717) is 17.8 Å². The van der Waals surface area contributed by atoms with Gasteiger partial charge in [-0.1, -0.05) is 30.3 Å². The van der Waals surface area contributed by atoms with Crippen molar-refractivity contribution in [1.82, 2.24) is 0 Å². The van der Waals surface area contributed by atoms with Crippen LogP contribution in [-0.2, 0) is 13.0 Å². The Morgan fingerprint density at radius 2 is 2.05 bits per heavy atom. The van der Waals surface area contributed by atoms with E-state index >= 15 is 0 Å². The predicted octanol–water partition coefficient (Wildman–Crippen LogP) is 2.96. The fourth-order valence-corrected chi connectivity index (χ4v) is 2.57. The normalized spacial score (nSPS) is 12.6. The third-order valence-electron chi connectivity index (χ3n) is 3.56. The maximum absolute atomic E-state index is 11.2. The van der Waals surface area contributed by atoms with E-state index in [2.05, 4.69) is 22.8 Å². The maximum atomic E-state index is 11.2. The Bertz CT molecular complexity index is 653. The van der Waals surface area contributed by atoms with E-state index in [9.17, 15) is 4.79 Å². The molecule has 3 N–H and O–H groups in total. The fraction of sp³-hybridized carbons (Fsp3) is 0.188. The van der Waals surface area contributed by atoms with Crippen LogP contribution >= 0.6 is 0 Å². The highest BCUT2D eigenvalue weighted by Gasteiger charge is 2.14. The molecule has 0 unspecified atom stereocenters. The van der Waals surface area contributed by atoms with Gasteiger partial charge in [0.05, 0.1) is 5.56 Å². The Labute approximate surface area is 117 Å². The van der Waals surface area contributed by atoms with Gasteiger partial charge in [0.15, 0.2) is 0 Å². The molecule has 3 rings (SSSR count). The van der Waals surface area contributed by atoms with Crippen LogP contribution in [0.15, 0.2) is 42.5 Å². The van der Waals surface area contributed by atoms with E-state index in [1.807, 2.05) is 12.1 Å². The first-order valence-corrected chi connectivity index (χ1v) is 6.66. The fourth-order valence-electron chi connectivity index (χ4n) is 2.57. The lowest BCUT2D eigenvalue weighted by atomic mass is 10.1. The highest BCUT2D eigenvalue weighted by Crippen LogP contribution is 2.27. The zero-order valence-corrected chi connectivity index (χ0v) is 11.0. The van der Waals surface area contributed by atoms with Gasteiger partial charge >= 0.3 is 5.97 Å². The van der Waals surface area contributed by atoms with Gasteiger partial charge in [0.2, 0.25) is 0 Å². The summed E-state index contributed by atoms with van der Waals surface area (Å²) in [5.41, 5.74) is 4.63. The number of para-hydroxylation sites is 2. The highest BCUT2D eigenvalue weighted by molar-refractivity contribution is 5.94. The SMILES string of the molecule is O=C(O)c1ccccc1NCc1cccc2c1NCC2. The van der Waals surface area contributed by atoms with Gasteiger partial charge in [-0.3, -0.25) is 0 Å². The molecular formula is C16H16N2O2. The first-order chi connectivity index (χ1) is 9.75. The second kappa shape index (κ2) is 5.25. The first-order valence-electron chi connectivity index (χ1n) is 6.66. The third-order valence-corrected chi connectivity index (χ3v) is 3.56. The monoisotopic (exact) mass is 268 g/mol. The first kappa shape index (κ1) is 12.5. The number of aromatic carboxylic acids is 1. The van der Waals surface area contributed by atoms with Crippen molar-refractivity contribution < 1.29 is 9.90 Å². The number of carbonyl (C=O) groups is 1. The second-order valence-corrected chi connectivity index (χ2v) is 4.83. The minimum atomic E-state index is -0.912. The molecule has 4 nitrogen and oxygen atoms in total. The molecule has 1 aliphatic heterocycles. The van der Waals surface area contributed by atoms with Crippen molar-refractivity contribution in [1.29, 1.82) is 0 Å². The Morgan fingerprint density at radius 3 is 2.90 bits per heavy atom. The maximum Gasteiger partial charge on any atom is 0.337 e. The number of anilines is 2. The van der Waals surface area contributed by atoms with Crippen LogP contribution in [0, 0.1) is 0 Å². The Balaban J connectivity index is 1.81. The molecule has 0 saturated heterocycles. The van der Waals surface area contributed by atoms with E-state index in [1.165, 1.54) is 16.8 Å². The zero-order valence-electron chi connectivity index (χ0n) is 11.0. The van der Waals surface area contributed by atoms with E-state index < -0.39 is 5.97 Å². The lowest BCUT2D eigenvalue weighted by Gasteiger charge is -2.12. The Kier molecular flexibility index (Phi) is 3.29. The smallest absolute Gasteiger partial charge is 0.337 e. The number of hydrogen-bond donors (Lipinski definition) is 3. The summed E-state index contributed by atoms with van der Waals surface area (Å²) in [5.74, 6) is -0.912. The van der Waals surface area contributed by atoms with Crippen LogP contribution in [0.5, 0.6) is 0 Å². The van der Waals surface area contributed by atoms with Crippen LogP contribution in [-0.4, -0.2) is 17.6 Å². The number of hydrogen-bond acceptors (Lipinski definition) is 3. The van der Waals surface area contributed by atoms with E-state index in [0.717, 1.165) is 13.0 Å². The van der Waals surface area contributed by atoms with Crippen molar-refractivity contribution in [3.05, 3.63) is 59.2 Å². The van der Waals surface area contributed by atoms with E-state index in [4.69, 9.17) is 5.11 Å². The van der Waals surface area contributed by atoms with Crippen molar-refractivity contribution >= 4 is 17.3 Å². The van der Waals surface area contributed by atoms with E-state index in [1.54, 1.807) is 18.2 Å². The summed E-state index contributed by atoms with van der Waals surface area (Å²) in [7, 11) is 0. The van der Waals surface area contributed by atoms with E-state index in [-0.39, 0.29) is 0 Å². The van der Waals surface area contributed by atoms with Gasteiger partial charge < -0.3 is 15.7 Å². The van der Waals surface area contributed by atoms with Crippen LogP contribution in [0.4, 0.5) is 11.4 Å². The number of benzene rings is 2. The third kappa shape index (κ3) is 2.32. The quantitative estimate of drug-likeness (QED) is 0.797.